The number of phenols is 1. The zero-order valence-electron chi connectivity index (χ0n) is 22.4. The number of carbonyl (C=O) groups is 5. The van der Waals surface area contributed by atoms with Gasteiger partial charge in [0.1, 0.15) is 5.75 Å². The molecule has 12 heteroatoms. The molecule has 2 aromatic carbocycles. The van der Waals surface area contributed by atoms with Crippen molar-refractivity contribution in [3.05, 3.63) is 70.3 Å². The van der Waals surface area contributed by atoms with E-state index in [1.54, 1.807) is 26.0 Å². The lowest BCUT2D eigenvalue weighted by molar-refractivity contribution is -0.138. The Balaban J connectivity index is 1.52. The quantitative estimate of drug-likeness (QED) is 0.209. The van der Waals surface area contributed by atoms with Gasteiger partial charge in [0.2, 0.25) is 11.8 Å². The molecule has 4 aliphatic rings. The Hall–Kier alpha value is -3.21. The first kappa shape index (κ1) is 28.9. The SMILES string of the molecule is Cc1cc(C2C3=CCC4C(=O)N(c5cccc(C(=O)O)c5)C(=O)C4C3CC3(Cl)C(=O)N(CBr)C(=O)C23Cl)cc(C)c1O. The van der Waals surface area contributed by atoms with Crippen LogP contribution in [-0.2, 0) is 19.2 Å². The third-order valence-electron chi connectivity index (χ3n) is 9.21. The maximum absolute atomic E-state index is 14.1. The second-order valence-electron chi connectivity index (χ2n) is 11.4. The highest BCUT2D eigenvalue weighted by molar-refractivity contribution is 9.09. The van der Waals surface area contributed by atoms with Crippen LogP contribution >= 0.6 is 39.1 Å². The highest BCUT2D eigenvalue weighted by Gasteiger charge is 2.76. The topological polar surface area (TPSA) is 132 Å². The van der Waals surface area contributed by atoms with Crippen LogP contribution in [0.25, 0.3) is 0 Å². The lowest BCUT2D eigenvalue weighted by Gasteiger charge is -2.51. The number of carboxylic acids is 1. The van der Waals surface area contributed by atoms with Crippen LogP contribution in [0, 0.1) is 31.6 Å². The van der Waals surface area contributed by atoms with E-state index in [0.717, 1.165) is 9.80 Å². The molecule has 2 aliphatic heterocycles. The van der Waals surface area contributed by atoms with Crippen LogP contribution in [0.3, 0.4) is 0 Å². The summed E-state index contributed by atoms with van der Waals surface area (Å²) in [7, 11) is 0. The van der Waals surface area contributed by atoms with Crippen molar-refractivity contribution in [3.8, 4) is 5.75 Å². The molecule has 2 saturated heterocycles. The minimum Gasteiger partial charge on any atom is -0.507 e. The van der Waals surface area contributed by atoms with Gasteiger partial charge in [-0.2, -0.15) is 0 Å². The van der Waals surface area contributed by atoms with Gasteiger partial charge in [-0.1, -0.05) is 45.8 Å². The Morgan fingerprint density at radius 3 is 2.31 bits per heavy atom. The third-order valence-corrected chi connectivity index (χ3v) is 11.1. The van der Waals surface area contributed by atoms with Gasteiger partial charge in [-0.15, -0.1) is 23.2 Å². The van der Waals surface area contributed by atoms with Gasteiger partial charge in [-0.3, -0.25) is 29.0 Å². The normalized spacial score (nSPS) is 32.1. The van der Waals surface area contributed by atoms with E-state index in [1.807, 2.05) is 6.08 Å². The van der Waals surface area contributed by atoms with E-state index in [2.05, 4.69) is 15.9 Å². The second-order valence-corrected chi connectivity index (χ2v) is 13.1. The molecule has 0 bridgehead atoms. The number of amides is 4. The first-order valence-electron chi connectivity index (χ1n) is 13.3. The number of hydrogen-bond acceptors (Lipinski definition) is 6. The van der Waals surface area contributed by atoms with Gasteiger partial charge in [0.15, 0.2) is 9.75 Å². The number of aromatic hydroxyl groups is 1. The number of aryl methyl sites for hydroxylation is 2. The maximum atomic E-state index is 14.1. The number of anilines is 1. The van der Waals surface area contributed by atoms with Crippen molar-refractivity contribution in [1.29, 1.82) is 0 Å². The van der Waals surface area contributed by atoms with Gasteiger partial charge in [-0.25, -0.2) is 4.79 Å². The summed E-state index contributed by atoms with van der Waals surface area (Å²) in [6.45, 7) is 3.42. The lowest BCUT2D eigenvalue weighted by atomic mass is 9.56. The van der Waals surface area contributed by atoms with Crippen molar-refractivity contribution in [3.63, 3.8) is 0 Å². The molecular weight excluding hydrogens is 651 g/mol. The number of likely N-dealkylation sites (tertiary alicyclic amines) is 1. The van der Waals surface area contributed by atoms with E-state index >= 15 is 0 Å². The molecule has 1 saturated carbocycles. The summed E-state index contributed by atoms with van der Waals surface area (Å²) in [5, 5.41) is 19.9. The van der Waals surface area contributed by atoms with Crippen molar-refractivity contribution in [2.75, 3.05) is 10.4 Å². The summed E-state index contributed by atoms with van der Waals surface area (Å²) in [5.41, 5.74) is 2.19. The number of carboxylic acid groups (broad SMARTS) is 1. The molecule has 6 rings (SSSR count). The monoisotopic (exact) mass is 674 g/mol. The van der Waals surface area contributed by atoms with Crippen LogP contribution in [0.15, 0.2) is 48.0 Å². The van der Waals surface area contributed by atoms with E-state index < -0.39 is 63.0 Å². The number of phenolic OH excluding ortho intramolecular Hbond substituents is 1. The van der Waals surface area contributed by atoms with Crippen LogP contribution in [0.1, 0.15) is 45.8 Å². The average Bonchev–Trinajstić information content (AvgIpc) is 3.29. The van der Waals surface area contributed by atoms with Gasteiger partial charge < -0.3 is 10.2 Å². The summed E-state index contributed by atoms with van der Waals surface area (Å²) in [5.74, 6) is -6.83. The van der Waals surface area contributed by atoms with Crippen molar-refractivity contribution >= 4 is 74.4 Å². The van der Waals surface area contributed by atoms with Gasteiger partial charge in [0.25, 0.3) is 11.8 Å². The number of rotatable bonds is 4. The fourth-order valence-corrected chi connectivity index (χ4v) is 8.74. The minimum atomic E-state index is -1.94. The van der Waals surface area contributed by atoms with Crippen LogP contribution in [0.5, 0.6) is 5.75 Å². The summed E-state index contributed by atoms with van der Waals surface area (Å²) in [6, 6.07) is 9.00. The van der Waals surface area contributed by atoms with Gasteiger partial charge in [-0.05, 0) is 67.5 Å². The molecule has 6 atom stereocenters. The molecule has 3 fully saturated rings. The Morgan fingerprint density at radius 2 is 1.69 bits per heavy atom. The van der Waals surface area contributed by atoms with Crippen LogP contribution in [0.2, 0.25) is 0 Å². The molecular formula is C30H25BrCl2N2O7. The third kappa shape index (κ3) is 3.64. The predicted molar refractivity (Wildman–Crippen MR) is 157 cm³/mol. The lowest BCUT2D eigenvalue weighted by Crippen LogP contribution is -2.60. The molecule has 2 N–H and O–H groups in total. The zero-order chi connectivity index (χ0) is 30.5. The number of benzene rings is 2. The molecule has 42 heavy (non-hydrogen) atoms. The largest absolute Gasteiger partial charge is 0.507 e. The predicted octanol–water partition coefficient (Wildman–Crippen LogP) is 4.62. The van der Waals surface area contributed by atoms with Crippen LogP contribution in [0.4, 0.5) is 5.69 Å². The smallest absolute Gasteiger partial charge is 0.335 e. The fourth-order valence-electron chi connectivity index (χ4n) is 7.32. The zero-order valence-corrected chi connectivity index (χ0v) is 25.5. The molecule has 6 unspecified atom stereocenters. The number of alkyl halides is 3. The maximum Gasteiger partial charge on any atom is 0.335 e. The first-order chi connectivity index (χ1) is 19.8. The second kappa shape index (κ2) is 9.65. The van der Waals surface area contributed by atoms with E-state index in [-0.39, 0.29) is 35.3 Å². The minimum absolute atomic E-state index is 0.0749. The van der Waals surface area contributed by atoms with Crippen LogP contribution < -0.4 is 4.90 Å². The van der Waals surface area contributed by atoms with Crippen molar-refractivity contribution in [2.45, 2.75) is 42.4 Å². The molecule has 2 heterocycles. The van der Waals surface area contributed by atoms with Gasteiger partial charge in [0.05, 0.1) is 28.5 Å². The highest BCUT2D eigenvalue weighted by atomic mass is 79.9. The summed E-state index contributed by atoms with van der Waals surface area (Å²) < 4.78 is 0. The number of fused-ring (bicyclic) bond motifs is 4. The van der Waals surface area contributed by atoms with E-state index in [9.17, 15) is 34.2 Å². The summed E-state index contributed by atoms with van der Waals surface area (Å²) in [4.78, 5) is 65.1. The average molecular weight is 676 g/mol. The standard InChI is InChI=1S/C30H25BrCl2N2O7/c1-13-8-16(9-14(2)23(13)36)22-18-6-7-19-21(20(18)11-29(32)27(41)34(12-31)28(42)30(22,29)33)25(38)35(24(19)37)17-5-3-4-15(10-17)26(39)40/h3-6,8-10,19-22,36H,7,11-12H2,1-2H3,(H,39,40). The highest BCUT2D eigenvalue weighted by Crippen LogP contribution is 2.65. The molecule has 2 aliphatic carbocycles. The van der Waals surface area contributed by atoms with Crippen molar-refractivity contribution in [2.24, 2.45) is 17.8 Å². The number of halogens is 3. The number of allylic oxidation sites excluding steroid dienone is 2. The van der Waals surface area contributed by atoms with Gasteiger partial charge >= 0.3 is 5.97 Å². The molecule has 0 spiro atoms. The number of hydrogen-bond donors (Lipinski definition) is 2. The fraction of sp³-hybridized carbons (Fsp3) is 0.367. The molecule has 9 nitrogen and oxygen atoms in total. The molecule has 218 valence electrons. The summed E-state index contributed by atoms with van der Waals surface area (Å²) >= 11 is 17.7. The Labute approximate surface area is 259 Å². The van der Waals surface area contributed by atoms with E-state index in [1.165, 1.54) is 24.3 Å². The number of nitrogens with zero attached hydrogens (tertiary/aromatic N) is 2. The molecule has 4 amide bonds. The number of imide groups is 2. The molecule has 0 aromatic heterocycles. The Bertz CT molecular complexity index is 1640. The Morgan fingerprint density at radius 1 is 1.02 bits per heavy atom. The van der Waals surface area contributed by atoms with Crippen molar-refractivity contribution in [1.82, 2.24) is 4.90 Å². The van der Waals surface area contributed by atoms with Crippen molar-refractivity contribution < 1.29 is 34.2 Å². The molecule has 0 radical (unpaired) electrons. The van der Waals surface area contributed by atoms with E-state index in [0.29, 0.717) is 22.3 Å². The van der Waals surface area contributed by atoms with E-state index in [4.69, 9.17) is 23.2 Å². The Kier molecular flexibility index (Phi) is 6.64. The number of aromatic carboxylic acids is 1. The summed E-state index contributed by atoms with van der Waals surface area (Å²) in [6.07, 6.45) is 1.84. The van der Waals surface area contributed by atoms with Gasteiger partial charge in [0, 0.05) is 5.92 Å². The number of carbonyl (C=O) groups excluding carboxylic acids is 4. The molecule has 2 aromatic rings. The first-order valence-corrected chi connectivity index (χ1v) is 15.2. The van der Waals surface area contributed by atoms with Crippen LogP contribution in [-0.4, -0.2) is 59.9 Å².